The molecule has 0 aliphatic carbocycles. The molecule has 5 rings (SSSR count). The number of carbonyl (C=O) groups excluding carboxylic acids is 3. The number of hydrogen-bond acceptors (Lipinski definition) is 8. The Kier molecular flexibility index (Phi) is 4.88. The van der Waals surface area contributed by atoms with Crippen LogP contribution in [0.15, 0.2) is 6.07 Å². The Labute approximate surface area is 183 Å². The van der Waals surface area contributed by atoms with Gasteiger partial charge in [-0.25, -0.2) is 9.18 Å². The van der Waals surface area contributed by atoms with E-state index in [4.69, 9.17) is 14.3 Å². The van der Waals surface area contributed by atoms with Crippen molar-refractivity contribution in [3.05, 3.63) is 23.0 Å². The molecule has 2 saturated heterocycles. The molecule has 3 atom stereocenters. The second-order valence-corrected chi connectivity index (χ2v) is 8.77. The van der Waals surface area contributed by atoms with Gasteiger partial charge in [-0.3, -0.25) is 20.2 Å². The monoisotopic (exact) mass is 448 g/mol. The molecule has 1 spiro atoms. The number of fused-ring (bicyclic) bond motifs is 5. The number of urea groups is 1. The number of ether oxygens (including phenoxy) is 2. The lowest BCUT2D eigenvalue weighted by molar-refractivity contribution is -0.153. The number of methoxy groups -OCH3 is 1. The average molecular weight is 448 g/mol. The zero-order valence-corrected chi connectivity index (χ0v) is 18.1. The van der Waals surface area contributed by atoms with Crippen LogP contribution < -0.4 is 20.4 Å². The van der Waals surface area contributed by atoms with Gasteiger partial charge in [-0.2, -0.15) is 0 Å². The molecule has 172 valence electrons. The summed E-state index contributed by atoms with van der Waals surface area (Å²) in [7, 11) is 1.58. The number of nitrogens with zero attached hydrogens (tertiary/aromatic N) is 2. The molecule has 4 amide bonds. The van der Waals surface area contributed by atoms with E-state index >= 15 is 4.39 Å². The molecule has 2 N–H and O–H groups in total. The van der Waals surface area contributed by atoms with E-state index in [1.54, 1.807) is 30.1 Å². The predicted octanol–water partition coefficient (Wildman–Crippen LogP) is 0.472. The van der Waals surface area contributed by atoms with Crippen molar-refractivity contribution in [2.75, 3.05) is 31.7 Å². The lowest BCUT2D eigenvalue weighted by atomic mass is 9.66. The minimum Gasteiger partial charge on any atom is -0.402 e. The number of hydrogen-bond donors (Lipinski definition) is 2. The first-order valence-corrected chi connectivity index (χ1v) is 10.6. The van der Waals surface area contributed by atoms with E-state index in [2.05, 4.69) is 10.6 Å². The summed E-state index contributed by atoms with van der Waals surface area (Å²) in [6, 6.07) is 0.140. The molecule has 10 nitrogen and oxygen atoms in total. The van der Waals surface area contributed by atoms with Crippen LogP contribution in [0, 0.1) is 11.2 Å². The number of benzene rings is 1. The average Bonchev–Trinajstić information content (AvgIpc) is 3.13. The molecule has 0 saturated carbocycles. The van der Waals surface area contributed by atoms with Crippen LogP contribution >= 0.6 is 0 Å². The van der Waals surface area contributed by atoms with E-state index in [9.17, 15) is 14.4 Å². The summed E-state index contributed by atoms with van der Waals surface area (Å²) < 4.78 is 26.9. The van der Waals surface area contributed by atoms with Crippen molar-refractivity contribution >= 4 is 23.5 Å². The molecule has 11 heteroatoms. The Bertz CT molecular complexity index is 996. The molecule has 1 aromatic carbocycles. The van der Waals surface area contributed by atoms with Crippen molar-refractivity contribution in [2.24, 2.45) is 5.41 Å². The molecule has 4 heterocycles. The van der Waals surface area contributed by atoms with Crippen LogP contribution in [0.2, 0.25) is 0 Å². The van der Waals surface area contributed by atoms with Crippen LogP contribution in [0.4, 0.5) is 14.9 Å². The summed E-state index contributed by atoms with van der Waals surface area (Å²) in [5, 5.41) is 6.07. The fraction of sp³-hybridized carbons (Fsp3) is 0.571. The van der Waals surface area contributed by atoms with Crippen molar-refractivity contribution < 1.29 is 33.1 Å². The van der Waals surface area contributed by atoms with E-state index in [1.165, 1.54) is 0 Å². The molecular formula is C21H25FN4O6. The number of amides is 4. The first kappa shape index (κ1) is 21.1. The van der Waals surface area contributed by atoms with Gasteiger partial charge in [0, 0.05) is 25.6 Å². The molecule has 0 radical (unpaired) electrons. The Morgan fingerprint density at radius 2 is 1.94 bits per heavy atom. The van der Waals surface area contributed by atoms with E-state index in [0.717, 1.165) is 0 Å². The molecule has 0 bridgehead atoms. The maximum absolute atomic E-state index is 15.9. The molecule has 4 aliphatic rings. The number of barbiturate groups is 1. The maximum Gasteiger partial charge on any atom is 0.328 e. The topological polar surface area (TPSA) is 109 Å². The van der Waals surface area contributed by atoms with E-state index in [1.807, 2.05) is 6.92 Å². The zero-order valence-electron chi connectivity index (χ0n) is 18.1. The van der Waals surface area contributed by atoms with Gasteiger partial charge in [-0.15, -0.1) is 5.06 Å². The standard InChI is InChI=1S/C21H25FN4O6/c1-10-8-26-15-12(6-13-9-25(4-5-30-3)32-16(13)14(15)22)7-21(17(26)11(2)31-10)18(27)23-20(29)24-19(21)28/h6,10-11,17H,4-5,7-9H2,1-3H3,(H2,23,24,27,28,29)/t10-,11+,17-/m1/s1. The van der Waals surface area contributed by atoms with Crippen LogP contribution in [-0.4, -0.2) is 68.0 Å². The van der Waals surface area contributed by atoms with Crippen LogP contribution in [0.25, 0.3) is 0 Å². The van der Waals surface area contributed by atoms with E-state index in [-0.39, 0.29) is 24.8 Å². The summed E-state index contributed by atoms with van der Waals surface area (Å²) in [6.45, 7) is 5.12. The second-order valence-electron chi connectivity index (χ2n) is 8.77. The molecule has 32 heavy (non-hydrogen) atoms. The minimum absolute atomic E-state index is 0.0567. The molecule has 1 aromatic rings. The Hall–Kier alpha value is -2.76. The number of nitrogens with one attached hydrogen (secondary N) is 2. The number of imide groups is 2. The summed E-state index contributed by atoms with van der Waals surface area (Å²) in [6.07, 6.45) is -0.880. The summed E-state index contributed by atoms with van der Waals surface area (Å²) in [5.74, 6) is -1.77. The molecule has 0 unspecified atom stereocenters. The smallest absolute Gasteiger partial charge is 0.328 e. The fourth-order valence-electron chi connectivity index (χ4n) is 5.49. The highest BCUT2D eigenvalue weighted by molar-refractivity contribution is 6.20. The minimum atomic E-state index is -1.63. The van der Waals surface area contributed by atoms with Gasteiger partial charge in [-0.05, 0) is 25.5 Å². The van der Waals surface area contributed by atoms with Gasteiger partial charge >= 0.3 is 6.03 Å². The number of rotatable bonds is 3. The van der Waals surface area contributed by atoms with Crippen molar-refractivity contribution in [3.8, 4) is 5.75 Å². The van der Waals surface area contributed by atoms with Crippen molar-refractivity contribution in [1.82, 2.24) is 15.7 Å². The van der Waals surface area contributed by atoms with Gasteiger partial charge in [0.25, 0.3) is 0 Å². The lowest BCUT2D eigenvalue weighted by Crippen LogP contribution is -2.75. The van der Waals surface area contributed by atoms with Gasteiger partial charge in [0.15, 0.2) is 17.0 Å². The Balaban J connectivity index is 1.64. The molecular weight excluding hydrogens is 423 g/mol. The molecule has 2 fully saturated rings. The Morgan fingerprint density at radius 1 is 1.22 bits per heavy atom. The SMILES string of the molecule is COCCN1Cc2cc3c(c(F)c2O1)N1C[C@@H](C)O[C@@H](C)[C@@H]1C1(C3)C(=O)NC(=O)NC1=O. The third-order valence-corrected chi connectivity index (χ3v) is 6.67. The number of hydroxylamine groups is 2. The van der Waals surface area contributed by atoms with Gasteiger partial charge < -0.3 is 19.2 Å². The van der Waals surface area contributed by atoms with Crippen LogP contribution in [0.1, 0.15) is 25.0 Å². The number of anilines is 1. The second kappa shape index (κ2) is 7.39. The van der Waals surface area contributed by atoms with Crippen LogP contribution in [0.3, 0.4) is 0 Å². The number of morpholine rings is 1. The molecule has 4 aliphatic heterocycles. The van der Waals surface area contributed by atoms with Crippen molar-refractivity contribution in [2.45, 2.75) is 45.1 Å². The quantitative estimate of drug-likeness (QED) is 0.643. The predicted molar refractivity (Wildman–Crippen MR) is 108 cm³/mol. The number of carbonyl (C=O) groups is 3. The fourth-order valence-corrected chi connectivity index (χ4v) is 5.49. The normalized spacial score (nSPS) is 28.6. The highest BCUT2D eigenvalue weighted by Crippen LogP contribution is 2.50. The summed E-state index contributed by atoms with van der Waals surface area (Å²) in [5.41, 5.74) is -0.160. The third kappa shape index (κ3) is 2.91. The van der Waals surface area contributed by atoms with Crippen LogP contribution in [0.5, 0.6) is 5.75 Å². The third-order valence-electron chi connectivity index (χ3n) is 6.67. The van der Waals surface area contributed by atoms with E-state index in [0.29, 0.717) is 36.5 Å². The summed E-state index contributed by atoms with van der Waals surface area (Å²) >= 11 is 0. The summed E-state index contributed by atoms with van der Waals surface area (Å²) in [4.78, 5) is 45.6. The first-order valence-electron chi connectivity index (χ1n) is 10.6. The Morgan fingerprint density at radius 3 is 2.62 bits per heavy atom. The van der Waals surface area contributed by atoms with Crippen molar-refractivity contribution in [3.63, 3.8) is 0 Å². The van der Waals surface area contributed by atoms with Gasteiger partial charge in [0.05, 0.1) is 43.6 Å². The lowest BCUT2D eigenvalue weighted by Gasteiger charge is -2.55. The number of halogens is 1. The van der Waals surface area contributed by atoms with Gasteiger partial charge in [0.1, 0.15) is 0 Å². The molecule has 0 aromatic heterocycles. The zero-order chi connectivity index (χ0) is 22.8. The van der Waals surface area contributed by atoms with E-state index < -0.39 is 41.2 Å². The van der Waals surface area contributed by atoms with Crippen LogP contribution in [-0.2, 0) is 32.0 Å². The van der Waals surface area contributed by atoms with Gasteiger partial charge in [0.2, 0.25) is 11.8 Å². The van der Waals surface area contributed by atoms with Gasteiger partial charge in [-0.1, -0.05) is 0 Å². The highest BCUT2D eigenvalue weighted by atomic mass is 19.1. The largest absolute Gasteiger partial charge is 0.402 e. The first-order chi connectivity index (χ1) is 15.3. The maximum atomic E-state index is 15.9. The highest BCUT2D eigenvalue weighted by Gasteiger charge is 2.63. The van der Waals surface area contributed by atoms with Crippen molar-refractivity contribution in [1.29, 1.82) is 0 Å².